The van der Waals surface area contributed by atoms with Crippen LogP contribution in [0.25, 0.3) is 0 Å². The summed E-state index contributed by atoms with van der Waals surface area (Å²) in [4.78, 5) is 10.1. The fourth-order valence-electron chi connectivity index (χ4n) is 1.12. The molecule has 0 aliphatic rings. The van der Waals surface area contributed by atoms with E-state index < -0.39 is 4.92 Å². The second-order valence-corrected chi connectivity index (χ2v) is 3.11. The standard InChI is InChI=1S/C11H12N2O3/c1-12-7-3-2-4-9-5-6-10(14)8-11(9)13(15)16/h5-6,8,12,14H,3,7H2,1H3. The predicted molar refractivity (Wildman–Crippen MR) is 60.2 cm³/mol. The van der Waals surface area contributed by atoms with Gasteiger partial charge in [0.1, 0.15) is 11.3 Å². The third kappa shape index (κ3) is 3.26. The molecule has 5 nitrogen and oxygen atoms in total. The van der Waals surface area contributed by atoms with Crippen molar-refractivity contribution in [3.05, 3.63) is 33.9 Å². The maximum atomic E-state index is 10.7. The van der Waals surface area contributed by atoms with Gasteiger partial charge in [0.15, 0.2) is 0 Å². The number of nitro groups is 1. The minimum Gasteiger partial charge on any atom is -0.508 e. The quantitative estimate of drug-likeness (QED) is 0.348. The van der Waals surface area contributed by atoms with E-state index in [-0.39, 0.29) is 11.4 Å². The van der Waals surface area contributed by atoms with Crippen LogP contribution in [0.2, 0.25) is 0 Å². The molecule has 0 spiro atoms. The van der Waals surface area contributed by atoms with E-state index in [1.165, 1.54) is 12.1 Å². The Morgan fingerprint density at radius 3 is 2.94 bits per heavy atom. The number of hydrogen-bond donors (Lipinski definition) is 2. The zero-order valence-electron chi connectivity index (χ0n) is 8.86. The van der Waals surface area contributed by atoms with Gasteiger partial charge in [-0.25, -0.2) is 0 Å². The monoisotopic (exact) mass is 220 g/mol. The number of nitro benzene ring substituents is 1. The molecule has 84 valence electrons. The van der Waals surface area contributed by atoms with Gasteiger partial charge in [0.25, 0.3) is 5.69 Å². The van der Waals surface area contributed by atoms with Gasteiger partial charge in [0, 0.05) is 13.0 Å². The van der Waals surface area contributed by atoms with Crippen molar-refractivity contribution in [1.82, 2.24) is 5.32 Å². The van der Waals surface area contributed by atoms with E-state index in [9.17, 15) is 10.1 Å². The Hall–Kier alpha value is -2.06. The molecule has 0 heterocycles. The molecule has 1 rings (SSSR count). The lowest BCUT2D eigenvalue weighted by atomic mass is 10.1. The first kappa shape index (κ1) is 12.0. The molecule has 0 fully saturated rings. The third-order valence-corrected chi connectivity index (χ3v) is 1.90. The van der Waals surface area contributed by atoms with Crippen molar-refractivity contribution in [1.29, 1.82) is 0 Å². The van der Waals surface area contributed by atoms with Crippen LogP contribution >= 0.6 is 0 Å². The van der Waals surface area contributed by atoms with E-state index in [0.717, 1.165) is 12.6 Å². The van der Waals surface area contributed by atoms with E-state index in [0.29, 0.717) is 12.0 Å². The molecule has 0 bridgehead atoms. The fourth-order valence-corrected chi connectivity index (χ4v) is 1.12. The number of aromatic hydroxyl groups is 1. The average Bonchev–Trinajstić information content (AvgIpc) is 2.26. The zero-order chi connectivity index (χ0) is 12.0. The Morgan fingerprint density at radius 1 is 1.56 bits per heavy atom. The molecule has 0 aromatic heterocycles. The molecule has 0 radical (unpaired) electrons. The van der Waals surface area contributed by atoms with Crippen LogP contribution in [0.15, 0.2) is 18.2 Å². The average molecular weight is 220 g/mol. The first-order valence-corrected chi connectivity index (χ1v) is 4.76. The van der Waals surface area contributed by atoms with Crippen LogP contribution < -0.4 is 5.32 Å². The van der Waals surface area contributed by atoms with E-state index in [1.54, 1.807) is 0 Å². The van der Waals surface area contributed by atoms with Crippen molar-refractivity contribution in [3.63, 3.8) is 0 Å². The second-order valence-electron chi connectivity index (χ2n) is 3.11. The number of rotatable bonds is 3. The molecule has 1 aromatic carbocycles. The van der Waals surface area contributed by atoms with Gasteiger partial charge in [-0.15, -0.1) is 0 Å². The third-order valence-electron chi connectivity index (χ3n) is 1.90. The van der Waals surface area contributed by atoms with Gasteiger partial charge in [-0.2, -0.15) is 0 Å². The van der Waals surface area contributed by atoms with Crippen molar-refractivity contribution in [2.24, 2.45) is 0 Å². The summed E-state index contributed by atoms with van der Waals surface area (Å²) in [5.41, 5.74) is 0.149. The summed E-state index contributed by atoms with van der Waals surface area (Å²) >= 11 is 0. The number of phenols is 1. The molecule has 0 amide bonds. The van der Waals surface area contributed by atoms with Crippen LogP contribution in [0.5, 0.6) is 5.75 Å². The molecule has 0 aliphatic carbocycles. The molecule has 1 aromatic rings. The summed E-state index contributed by atoms with van der Waals surface area (Å²) in [6, 6.07) is 3.93. The molecule has 0 aliphatic heterocycles. The maximum Gasteiger partial charge on any atom is 0.288 e. The Bertz CT molecular complexity index is 446. The molecule has 0 atom stereocenters. The number of hydrogen-bond acceptors (Lipinski definition) is 4. The minimum atomic E-state index is -0.554. The molecule has 2 N–H and O–H groups in total. The molecule has 0 saturated carbocycles. The van der Waals surface area contributed by atoms with Gasteiger partial charge in [-0.3, -0.25) is 10.1 Å². The van der Waals surface area contributed by atoms with Gasteiger partial charge in [-0.05, 0) is 19.2 Å². The van der Waals surface area contributed by atoms with Crippen LogP contribution in [0.4, 0.5) is 5.69 Å². The lowest BCUT2D eigenvalue weighted by Crippen LogP contribution is -2.05. The molecule has 16 heavy (non-hydrogen) atoms. The number of benzene rings is 1. The summed E-state index contributed by atoms with van der Waals surface area (Å²) in [5.74, 6) is 5.40. The highest BCUT2D eigenvalue weighted by Crippen LogP contribution is 2.22. The molecular formula is C11H12N2O3. The lowest BCUT2D eigenvalue weighted by molar-refractivity contribution is -0.385. The van der Waals surface area contributed by atoms with Gasteiger partial charge in [0.2, 0.25) is 0 Å². The van der Waals surface area contributed by atoms with Crippen molar-refractivity contribution in [3.8, 4) is 17.6 Å². The largest absolute Gasteiger partial charge is 0.508 e. The summed E-state index contributed by atoms with van der Waals surface area (Å²) in [5, 5.41) is 22.7. The highest BCUT2D eigenvalue weighted by molar-refractivity contribution is 5.54. The van der Waals surface area contributed by atoms with Crippen molar-refractivity contribution in [2.75, 3.05) is 13.6 Å². The Kier molecular flexibility index (Phi) is 4.30. The minimum absolute atomic E-state index is 0.132. The second kappa shape index (κ2) is 5.73. The predicted octanol–water partition coefficient (Wildman–Crippen LogP) is 1.26. The van der Waals surface area contributed by atoms with E-state index >= 15 is 0 Å². The number of nitrogens with one attached hydrogen (secondary N) is 1. The van der Waals surface area contributed by atoms with Crippen LogP contribution in [0, 0.1) is 22.0 Å². The van der Waals surface area contributed by atoms with Crippen LogP contribution in [-0.4, -0.2) is 23.6 Å². The molecule has 0 saturated heterocycles. The SMILES string of the molecule is CNCCC#Cc1ccc(O)cc1[N+](=O)[O-]. The Labute approximate surface area is 93.3 Å². The van der Waals surface area contributed by atoms with Crippen LogP contribution in [0.1, 0.15) is 12.0 Å². The number of nitrogens with zero attached hydrogens (tertiary/aromatic N) is 1. The summed E-state index contributed by atoms with van der Waals surface area (Å²) in [6.45, 7) is 0.735. The van der Waals surface area contributed by atoms with E-state index in [1.807, 2.05) is 7.05 Å². The first-order chi connectivity index (χ1) is 7.65. The first-order valence-electron chi connectivity index (χ1n) is 4.76. The summed E-state index contributed by atoms with van der Waals surface area (Å²) in [6.07, 6.45) is 0.620. The van der Waals surface area contributed by atoms with E-state index in [2.05, 4.69) is 17.2 Å². The van der Waals surface area contributed by atoms with Gasteiger partial charge >= 0.3 is 0 Å². The van der Waals surface area contributed by atoms with Gasteiger partial charge in [-0.1, -0.05) is 11.8 Å². The Balaban J connectivity index is 2.93. The van der Waals surface area contributed by atoms with Crippen molar-refractivity contribution in [2.45, 2.75) is 6.42 Å². The molecule has 5 heteroatoms. The normalized spacial score (nSPS) is 9.31. The lowest BCUT2D eigenvalue weighted by Gasteiger charge is -1.96. The van der Waals surface area contributed by atoms with Crippen LogP contribution in [-0.2, 0) is 0 Å². The highest BCUT2D eigenvalue weighted by Gasteiger charge is 2.12. The smallest absolute Gasteiger partial charge is 0.288 e. The summed E-state index contributed by atoms with van der Waals surface area (Å²) < 4.78 is 0. The molecule has 0 unspecified atom stereocenters. The fraction of sp³-hybridized carbons (Fsp3) is 0.273. The number of phenolic OH excluding ortho intramolecular Hbond substituents is 1. The topological polar surface area (TPSA) is 75.4 Å². The maximum absolute atomic E-state index is 10.7. The van der Waals surface area contributed by atoms with Crippen molar-refractivity contribution >= 4 is 5.69 Å². The van der Waals surface area contributed by atoms with Gasteiger partial charge in [0.05, 0.1) is 11.0 Å². The highest BCUT2D eigenvalue weighted by atomic mass is 16.6. The summed E-state index contributed by atoms with van der Waals surface area (Å²) in [7, 11) is 1.81. The van der Waals surface area contributed by atoms with Gasteiger partial charge < -0.3 is 10.4 Å². The Morgan fingerprint density at radius 2 is 2.31 bits per heavy atom. The van der Waals surface area contributed by atoms with Crippen LogP contribution in [0.3, 0.4) is 0 Å². The molecular weight excluding hydrogens is 208 g/mol. The zero-order valence-corrected chi connectivity index (χ0v) is 8.86. The van der Waals surface area contributed by atoms with E-state index in [4.69, 9.17) is 5.11 Å². The van der Waals surface area contributed by atoms with Crippen molar-refractivity contribution < 1.29 is 10.0 Å².